The molecule has 4 rings (SSSR count). The van der Waals surface area contributed by atoms with E-state index in [1.54, 1.807) is 6.92 Å². The summed E-state index contributed by atoms with van der Waals surface area (Å²) in [4.78, 5) is 18.7. The van der Waals surface area contributed by atoms with Gasteiger partial charge in [0, 0.05) is 50.8 Å². The maximum atomic E-state index is 11.6. The average Bonchev–Trinajstić information content (AvgIpc) is 3.12. The Kier molecular flexibility index (Phi) is 6.01. The average molecular weight is 399 g/mol. The third-order valence-corrected chi connectivity index (χ3v) is 7.98. The lowest BCUT2D eigenvalue weighted by molar-refractivity contribution is -0.130. The number of likely N-dealkylation sites (tertiary alicyclic amines) is 1. The Hall–Kier alpha value is -1.43. The molecule has 0 bridgehead atoms. The fourth-order valence-corrected chi connectivity index (χ4v) is 5.96. The Morgan fingerprint density at radius 2 is 1.76 bits per heavy atom. The summed E-state index contributed by atoms with van der Waals surface area (Å²) in [6.45, 7) is 6.95. The molecule has 2 heterocycles. The summed E-state index contributed by atoms with van der Waals surface area (Å²) in [5, 5.41) is 3.91. The molecule has 0 radical (unpaired) electrons. The maximum Gasteiger partial charge on any atom is 0.219 e. The number of piperidine rings is 1. The minimum absolute atomic E-state index is 0.168. The molecule has 29 heavy (non-hydrogen) atoms. The maximum absolute atomic E-state index is 11.6. The second-order valence-electron chi connectivity index (χ2n) is 9.87. The summed E-state index contributed by atoms with van der Waals surface area (Å²) in [7, 11) is 4.49. The van der Waals surface area contributed by atoms with Crippen molar-refractivity contribution in [2.75, 3.05) is 46.9 Å². The SMILES string of the molecule is CC(=O)N1CCC(CN2CNC3(CCC(c4ccccc4)(N(C)C)CC3)C2)CC1. The molecule has 1 spiro atoms. The molecule has 3 fully saturated rings. The van der Waals surface area contributed by atoms with Crippen LogP contribution in [-0.4, -0.2) is 73.1 Å². The van der Waals surface area contributed by atoms with E-state index in [2.05, 4.69) is 59.5 Å². The summed E-state index contributed by atoms with van der Waals surface area (Å²) >= 11 is 0. The Balaban J connectivity index is 1.33. The van der Waals surface area contributed by atoms with E-state index < -0.39 is 0 Å². The van der Waals surface area contributed by atoms with Crippen LogP contribution in [0.1, 0.15) is 51.0 Å². The fraction of sp³-hybridized carbons (Fsp3) is 0.708. The number of carbonyl (C=O) groups is 1. The van der Waals surface area contributed by atoms with Gasteiger partial charge in [-0.05, 0) is 64.1 Å². The van der Waals surface area contributed by atoms with Crippen molar-refractivity contribution in [1.82, 2.24) is 20.0 Å². The number of hydrogen-bond acceptors (Lipinski definition) is 4. The van der Waals surface area contributed by atoms with Crippen molar-refractivity contribution < 1.29 is 4.79 Å². The molecular formula is C24H38N4O. The van der Waals surface area contributed by atoms with E-state index in [0.29, 0.717) is 0 Å². The molecule has 1 N–H and O–H groups in total. The molecule has 1 saturated carbocycles. The Labute approximate surface area is 176 Å². The van der Waals surface area contributed by atoms with Crippen LogP contribution in [0.2, 0.25) is 0 Å². The second kappa shape index (κ2) is 8.37. The normalized spacial score (nSPS) is 31.7. The molecule has 3 aliphatic rings. The molecule has 1 aromatic carbocycles. The molecule has 2 saturated heterocycles. The molecule has 2 aliphatic heterocycles. The van der Waals surface area contributed by atoms with Crippen LogP contribution in [-0.2, 0) is 10.3 Å². The van der Waals surface area contributed by atoms with Crippen molar-refractivity contribution in [2.24, 2.45) is 5.92 Å². The molecule has 5 heteroatoms. The van der Waals surface area contributed by atoms with Crippen molar-refractivity contribution in [2.45, 2.75) is 56.5 Å². The smallest absolute Gasteiger partial charge is 0.219 e. The van der Waals surface area contributed by atoms with Gasteiger partial charge in [-0.25, -0.2) is 0 Å². The first-order valence-corrected chi connectivity index (χ1v) is 11.4. The van der Waals surface area contributed by atoms with Crippen LogP contribution >= 0.6 is 0 Å². The van der Waals surface area contributed by atoms with Gasteiger partial charge < -0.3 is 4.90 Å². The molecule has 1 amide bonds. The number of nitrogens with zero attached hydrogens (tertiary/aromatic N) is 3. The number of rotatable bonds is 4. The zero-order valence-electron chi connectivity index (χ0n) is 18.5. The van der Waals surface area contributed by atoms with E-state index >= 15 is 0 Å². The number of amides is 1. The summed E-state index contributed by atoms with van der Waals surface area (Å²) in [6, 6.07) is 11.1. The highest BCUT2D eigenvalue weighted by Crippen LogP contribution is 2.45. The Morgan fingerprint density at radius 1 is 1.10 bits per heavy atom. The van der Waals surface area contributed by atoms with Crippen molar-refractivity contribution in [3.8, 4) is 0 Å². The molecule has 0 atom stereocenters. The quantitative estimate of drug-likeness (QED) is 0.847. The first-order chi connectivity index (χ1) is 13.9. The zero-order valence-corrected chi connectivity index (χ0v) is 18.5. The van der Waals surface area contributed by atoms with E-state index in [1.807, 2.05) is 4.90 Å². The van der Waals surface area contributed by atoms with Crippen molar-refractivity contribution in [3.05, 3.63) is 35.9 Å². The van der Waals surface area contributed by atoms with Crippen LogP contribution in [0.15, 0.2) is 30.3 Å². The van der Waals surface area contributed by atoms with Gasteiger partial charge in [0.25, 0.3) is 0 Å². The van der Waals surface area contributed by atoms with Gasteiger partial charge in [0.15, 0.2) is 0 Å². The van der Waals surface area contributed by atoms with Crippen molar-refractivity contribution >= 4 is 5.91 Å². The van der Waals surface area contributed by atoms with Gasteiger partial charge in [0.05, 0.1) is 0 Å². The number of hydrogen-bond donors (Lipinski definition) is 1. The van der Waals surface area contributed by atoms with E-state index in [9.17, 15) is 4.79 Å². The standard InChI is InChI=1S/C24H38N4O/c1-20(29)28-15-9-21(10-16-28)17-27-18-23(25-19-27)11-13-24(14-12-23,26(2)3)22-7-5-4-6-8-22/h4-8,21,25H,9-19H2,1-3H3. The first kappa shape index (κ1) is 20.8. The number of nitrogens with one attached hydrogen (secondary N) is 1. The lowest BCUT2D eigenvalue weighted by atomic mass is 9.69. The minimum atomic E-state index is 0.168. The summed E-state index contributed by atoms with van der Waals surface area (Å²) < 4.78 is 0. The zero-order chi connectivity index (χ0) is 20.5. The molecule has 0 aromatic heterocycles. The predicted molar refractivity (Wildman–Crippen MR) is 118 cm³/mol. The fourth-order valence-electron chi connectivity index (χ4n) is 5.96. The summed E-state index contributed by atoms with van der Waals surface area (Å²) in [6.07, 6.45) is 7.20. The lowest BCUT2D eigenvalue weighted by Crippen LogP contribution is -2.53. The molecule has 0 unspecified atom stereocenters. The largest absolute Gasteiger partial charge is 0.343 e. The van der Waals surface area contributed by atoms with Crippen LogP contribution in [0.4, 0.5) is 0 Å². The van der Waals surface area contributed by atoms with Gasteiger partial charge in [-0.3, -0.25) is 19.9 Å². The first-order valence-electron chi connectivity index (χ1n) is 11.4. The van der Waals surface area contributed by atoms with Gasteiger partial charge in [0.1, 0.15) is 0 Å². The number of carbonyl (C=O) groups excluding carboxylic acids is 1. The predicted octanol–water partition coefficient (Wildman–Crippen LogP) is 2.88. The molecule has 5 nitrogen and oxygen atoms in total. The highest BCUT2D eigenvalue weighted by atomic mass is 16.2. The van der Waals surface area contributed by atoms with Crippen molar-refractivity contribution in [3.63, 3.8) is 0 Å². The molecule has 1 aliphatic carbocycles. The van der Waals surface area contributed by atoms with Crippen LogP contribution in [0.25, 0.3) is 0 Å². The summed E-state index contributed by atoms with van der Waals surface area (Å²) in [5.74, 6) is 0.964. The van der Waals surface area contributed by atoms with Gasteiger partial charge >= 0.3 is 0 Å². The van der Waals surface area contributed by atoms with Crippen LogP contribution < -0.4 is 5.32 Å². The van der Waals surface area contributed by atoms with Gasteiger partial charge in [-0.1, -0.05) is 30.3 Å². The van der Waals surface area contributed by atoms with E-state index in [1.165, 1.54) is 44.3 Å². The van der Waals surface area contributed by atoms with E-state index in [4.69, 9.17) is 0 Å². The molecular weight excluding hydrogens is 360 g/mol. The van der Waals surface area contributed by atoms with E-state index in [-0.39, 0.29) is 17.0 Å². The third kappa shape index (κ3) is 4.23. The van der Waals surface area contributed by atoms with Crippen molar-refractivity contribution in [1.29, 1.82) is 0 Å². The van der Waals surface area contributed by atoms with Gasteiger partial charge in [-0.2, -0.15) is 0 Å². The Bertz CT molecular complexity index is 688. The highest BCUT2D eigenvalue weighted by molar-refractivity contribution is 5.73. The van der Waals surface area contributed by atoms with Gasteiger partial charge in [-0.15, -0.1) is 0 Å². The van der Waals surface area contributed by atoms with Gasteiger partial charge in [0.2, 0.25) is 5.91 Å². The molecule has 1 aromatic rings. The van der Waals surface area contributed by atoms with Crippen LogP contribution in [0.3, 0.4) is 0 Å². The topological polar surface area (TPSA) is 38.8 Å². The summed E-state index contributed by atoms with van der Waals surface area (Å²) in [5.41, 5.74) is 1.92. The van der Waals surface area contributed by atoms with E-state index in [0.717, 1.165) is 38.5 Å². The van der Waals surface area contributed by atoms with Crippen LogP contribution in [0, 0.1) is 5.92 Å². The Morgan fingerprint density at radius 3 is 2.34 bits per heavy atom. The minimum Gasteiger partial charge on any atom is -0.343 e. The second-order valence-corrected chi connectivity index (χ2v) is 9.87. The lowest BCUT2D eigenvalue weighted by Gasteiger charge is -2.49. The van der Waals surface area contributed by atoms with Crippen LogP contribution in [0.5, 0.6) is 0 Å². The monoisotopic (exact) mass is 398 g/mol. The third-order valence-electron chi connectivity index (χ3n) is 7.98. The number of benzene rings is 1. The molecule has 160 valence electrons. The highest BCUT2D eigenvalue weighted by Gasteiger charge is 2.47.